The summed E-state index contributed by atoms with van der Waals surface area (Å²) in [5, 5.41) is 11.6. The van der Waals surface area contributed by atoms with Gasteiger partial charge in [0, 0.05) is 18.5 Å². The highest BCUT2D eigenvalue weighted by molar-refractivity contribution is 7.89. The fourth-order valence-corrected chi connectivity index (χ4v) is 5.40. The van der Waals surface area contributed by atoms with Gasteiger partial charge < -0.3 is 19.9 Å². The predicted molar refractivity (Wildman–Crippen MR) is 136 cm³/mol. The molecule has 11 nitrogen and oxygen atoms in total. The van der Waals surface area contributed by atoms with Gasteiger partial charge >= 0.3 is 12.1 Å². The minimum absolute atomic E-state index is 0.128. The number of hydrogen-bond acceptors (Lipinski definition) is 7. The molecule has 0 radical (unpaired) electrons. The molecule has 0 fully saturated rings. The molecule has 0 aliphatic carbocycles. The largest absolute Gasteiger partial charge is 0.487 e. The number of amides is 1. The zero-order valence-electron chi connectivity index (χ0n) is 22.2. The fraction of sp³-hybridized carbons (Fsp3) is 0.625. The number of carbonyl (C=O) groups is 2. The van der Waals surface area contributed by atoms with E-state index in [1.54, 1.807) is 34.6 Å². The first-order chi connectivity index (χ1) is 16.4. The normalized spacial score (nSPS) is 15.8. The van der Waals surface area contributed by atoms with Gasteiger partial charge in [0.15, 0.2) is 0 Å². The molecule has 1 aliphatic rings. The van der Waals surface area contributed by atoms with E-state index >= 15 is 0 Å². The van der Waals surface area contributed by atoms with Gasteiger partial charge in [-0.05, 0) is 84.9 Å². The van der Waals surface area contributed by atoms with Crippen molar-refractivity contribution in [1.29, 1.82) is 0 Å². The molecule has 2 rings (SSSR count). The summed E-state index contributed by atoms with van der Waals surface area (Å²) in [6.07, 6.45) is 1.48. The highest BCUT2D eigenvalue weighted by Crippen LogP contribution is 2.43. The molecule has 1 amide bonds. The lowest BCUT2D eigenvalue weighted by Gasteiger charge is -2.21. The SMILES string of the molecule is Cc1c(C)c(S(=O)(=O)NNC=NCCC[C@@H](NC(=O)OC(C)(C)C)C(=O)O)c(C)c2c1OC(C)(C)C2. The second kappa shape index (κ2) is 11.0. The van der Waals surface area contributed by atoms with E-state index in [9.17, 15) is 23.1 Å². The summed E-state index contributed by atoms with van der Waals surface area (Å²) in [4.78, 5) is 29.8. The Labute approximate surface area is 213 Å². The summed E-state index contributed by atoms with van der Waals surface area (Å²) in [6, 6.07) is -1.12. The van der Waals surface area contributed by atoms with Crippen LogP contribution in [0.2, 0.25) is 0 Å². The molecule has 1 aromatic rings. The molecule has 1 atom stereocenters. The Kier molecular flexibility index (Phi) is 9.00. The number of benzene rings is 1. The molecule has 0 unspecified atom stereocenters. The number of nitrogens with zero attached hydrogens (tertiary/aromatic N) is 1. The lowest BCUT2D eigenvalue weighted by Crippen LogP contribution is -2.43. The highest BCUT2D eigenvalue weighted by Gasteiger charge is 2.36. The van der Waals surface area contributed by atoms with E-state index < -0.39 is 39.3 Å². The topological polar surface area (TPSA) is 155 Å². The lowest BCUT2D eigenvalue weighted by molar-refractivity contribution is -0.139. The van der Waals surface area contributed by atoms with Gasteiger partial charge in [0.1, 0.15) is 23.0 Å². The Balaban J connectivity index is 1.93. The van der Waals surface area contributed by atoms with Crippen molar-refractivity contribution in [3.63, 3.8) is 0 Å². The molecule has 12 heteroatoms. The van der Waals surface area contributed by atoms with Gasteiger partial charge in [-0.15, -0.1) is 4.83 Å². The number of aliphatic carboxylic acids is 1. The van der Waals surface area contributed by atoms with Crippen molar-refractivity contribution in [2.24, 2.45) is 4.99 Å². The smallest absolute Gasteiger partial charge is 0.408 e. The van der Waals surface area contributed by atoms with E-state index in [4.69, 9.17) is 9.47 Å². The van der Waals surface area contributed by atoms with Crippen LogP contribution in [0.25, 0.3) is 0 Å². The minimum atomic E-state index is -3.90. The summed E-state index contributed by atoms with van der Waals surface area (Å²) in [7, 11) is -3.90. The van der Waals surface area contributed by atoms with Crippen LogP contribution in [0.5, 0.6) is 5.75 Å². The molecule has 4 N–H and O–H groups in total. The van der Waals surface area contributed by atoms with E-state index in [0.29, 0.717) is 24.0 Å². The van der Waals surface area contributed by atoms with Crippen molar-refractivity contribution in [3.8, 4) is 5.75 Å². The quantitative estimate of drug-likeness (QED) is 0.157. The number of sulfonamides is 1. The van der Waals surface area contributed by atoms with Gasteiger partial charge in [0.2, 0.25) is 0 Å². The molecular weight excluding hydrogens is 488 g/mol. The second-order valence-electron chi connectivity index (χ2n) is 10.5. The zero-order valence-corrected chi connectivity index (χ0v) is 23.1. The van der Waals surface area contributed by atoms with Gasteiger partial charge in [-0.2, -0.15) is 0 Å². The number of hydrazine groups is 1. The van der Waals surface area contributed by atoms with Crippen molar-refractivity contribution in [2.45, 2.75) is 96.8 Å². The number of hydrogen-bond donors (Lipinski definition) is 4. The van der Waals surface area contributed by atoms with Crippen LogP contribution in [0.3, 0.4) is 0 Å². The van der Waals surface area contributed by atoms with E-state index in [1.807, 2.05) is 20.8 Å². The van der Waals surface area contributed by atoms with E-state index in [-0.39, 0.29) is 17.9 Å². The van der Waals surface area contributed by atoms with Crippen molar-refractivity contribution >= 4 is 28.4 Å². The predicted octanol–water partition coefficient (Wildman–Crippen LogP) is 2.89. The minimum Gasteiger partial charge on any atom is -0.487 e. The van der Waals surface area contributed by atoms with Crippen LogP contribution in [0.4, 0.5) is 4.79 Å². The van der Waals surface area contributed by atoms with Gasteiger partial charge in [0.05, 0.1) is 11.2 Å². The first kappa shape index (κ1) is 29.4. The summed E-state index contributed by atoms with van der Waals surface area (Å²) >= 11 is 0. The lowest BCUT2D eigenvalue weighted by atomic mass is 9.94. The highest BCUT2D eigenvalue weighted by atomic mass is 32.2. The number of carbonyl (C=O) groups excluding carboxylic acids is 1. The van der Waals surface area contributed by atoms with Crippen LogP contribution < -0.4 is 20.3 Å². The third-order valence-electron chi connectivity index (χ3n) is 5.68. The molecule has 1 heterocycles. The number of carboxylic acids is 1. The Bertz CT molecular complexity index is 1140. The number of aliphatic imine (C=N–C) groups is 1. The Hall–Kier alpha value is -2.86. The van der Waals surface area contributed by atoms with Crippen molar-refractivity contribution < 1.29 is 32.6 Å². The zero-order chi connectivity index (χ0) is 27.5. The van der Waals surface area contributed by atoms with Crippen LogP contribution in [-0.2, 0) is 26.0 Å². The summed E-state index contributed by atoms with van der Waals surface area (Å²) in [6.45, 7) is 14.6. The van der Waals surface area contributed by atoms with Crippen molar-refractivity contribution in [2.75, 3.05) is 6.54 Å². The van der Waals surface area contributed by atoms with Gasteiger partial charge in [-0.1, -0.05) is 0 Å². The number of rotatable bonds is 10. The number of ether oxygens (including phenoxy) is 2. The van der Waals surface area contributed by atoms with Crippen molar-refractivity contribution in [1.82, 2.24) is 15.6 Å². The molecule has 0 bridgehead atoms. The van der Waals surface area contributed by atoms with E-state index in [0.717, 1.165) is 16.9 Å². The fourth-order valence-electron chi connectivity index (χ4n) is 4.01. The average Bonchev–Trinajstić information content (AvgIpc) is 3.05. The van der Waals surface area contributed by atoms with Crippen LogP contribution in [-0.4, -0.2) is 55.7 Å². The maximum absolute atomic E-state index is 13.0. The second-order valence-corrected chi connectivity index (χ2v) is 12.1. The Morgan fingerprint density at radius 3 is 2.42 bits per heavy atom. The Morgan fingerprint density at radius 1 is 1.19 bits per heavy atom. The molecule has 1 aliphatic heterocycles. The molecule has 0 saturated heterocycles. The van der Waals surface area contributed by atoms with Gasteiger partial charge in [-0.3, -0.25) is 10.4 Å². The van der Waals surface area contributed by atoms with Gasteiger partial charge in [0.25, 0.3) is 10.0 Å². The average molecular weight is 527 g/mol. The van der Waals surface area contributed by atoms with E-state index in [2.05, 4.69) is 20.6 Å². The number of fused-ring (bicyclic) bond motifs is 1. The molecule has 0 aromatic heterocycles. The maximum atomic E-state index is 13.0. The monoisotopic (exact) mass is 526 g/mol. The molecule has 1 aromatic carbocycles. The van der Waals surface area contributed by atoms with Crippen LogP contribution in [0, 0.1) is 20.8 Å². The molecular formula is C24H38N4O7S. The standard InChI is InChI=1S/C24H38N4O7S/c1-14-15(2)20(16(3)17-12-24(7,8)34-19(14)17)36(32,33)28-26-13-25-11-9-10-18(21(29)30)27-22(31)35-23(4,5)6/h13,18,28H,9-12H2,1-8H3,(H,25,26)(H,27,31)(H,29,30)/t18-/m1/s1. The summed E-state index contributed by atoms with van der Waals surface area (Å²) in [5.41, 5.74) is 4.31. The number of carboxylic acid groups (broad SMARTS) is 1. The first-order valence-electron chi connectivity index (χ1n) is 11.7. The first-order valence-corrected chi connectivity index (χ1v) is 13.2. The third-order valence-corrected chi connectivity index (χ3v) is 7.22. The van der Waals surface area contributed by atoms with Crippen LogP contribution in [0.1, 0.15) is 69.7 Å². The van der Waals surface area contributed by atoms with Crippen molar-refractivity contribution in [3.05, 3.63) is 22.3 Å². The summed E-state index contributed by atoms with van der Waals surface area (Å²) < 4.78 is 37.2. The maximum Gasteiger partial charge on any atom is 0.408 e. The molecule has 202 valence electrons. The van der Waals surface area contributed by atoms with Gasteiger partial charge in [-0.25, -0.2) is 18.0 Å². The number of alkyl carbamates (subject to hydrolysis) is 1. The van der Waals surface area contributed by atoms with Crippen LogP contribution >= 0.6 is 0 Å². The van der Waals surface area contributed by atoms with Crippen LogP contribution in [0.15, 0.2) is 9.89 Å². The third kappa shape index (κ3) is 7.57. The molecule has 0 saturated carbocycles. The Morgan fingerprint density at radius 2 is 1.83 bits per heavy atom. The number of nitrogens with one attached hydrogen (secondary N) is 3. The molecule has 36 heavy (non-hydrogen) atoms. The van der Waals surface area contributed by atoms with E-state index in [1.165, 1.54) is 6.34 Å². The molecule has 0 spiro atoms. The summed E-state index contributed by atoms with van der Waals surface area (Å²) in [5.74, 6) is -0.427.